The zero-order chi connectivity index (χ0) is 16.9. The highest BCUT2D eigenvalue weighted by Gasteiger charge is 2.36. The normalized spacial score (nSPS) is 17.3. The molecule has 1 saturated heterocycles. The van der Waals surface area contributed by atoms with Gasteiger partial charge >= 0.3 is 0 Å². The summed E-state index contributed by atoms with van der Waals surface area (Å²) >= 11 is 0. The van der Waals surface area contributed by atoms with Crippen LogP contribution in [-0.2, 0) is 22.6 Å². The third-order valence-corrected chi connectivity index (χ3v) is 4.37. The fraction of sp³-hybridized carbons (Fsp3) is 0.368. The second-order valence-electron chi connectivity index (χ2n) is 6.18. The predicted molar refractivity (Wildman–Crippen MR) is 90.2 cm³/mol. The highest BCUT2D eigenvalue weighted by atomic mass is 16.3. The van der Waals surface area contributed by atoms with Crippen LogP contribution in [0.1, 0.15) is 29.7 Å². The molecule has 0 spiro atoms. The summed E-state index contributed by atoms with van der Waals surface area (Å²) in [5.74, 6) is 0.618. The minimum Gasteiger partial charge on any atom is -0.467 e. The lowest BCUT2D eigenvalue weighted by Crippen LogP contribution is -2.44. The Balaban J connectivity index is 1.53. The van der Waals surface area contributed by atoms with Crippen molar-refractivity contribution in [1.29, 1.82) is 0 Å². The second-order valence-corrected chi connectivity index (χ2v) is 6.18. The van der Waals surface area contributed by atoms with Gasteiger partial charge in [-0.25, -0.2) is 0 Å². The van der Waals surface area contributed by atoms with Gasteiger partial charge in [0.25, 0.3) is 0 Å². The first-order valence-electron chi connectivity index (χ1n) is 8.28. The average Bonchev–Trinajstić information content (AvgIpc) is 3.20. The first-order chi connectivity index (χ1) is 11.6. The quantitative estimate of drug-likeness (QED) is 0.887. The summed E-state index contributed by atoms with van der Waals surface area (Å²) in [5, 5.41) is 2.95. The van der Waals surface area contributed by atoms with Gasteiger partial charge in [0.15, 0.2) is 0 Å². The molecule has 5 nitrogen and oxygen atoms in total. The van der Waals surface area contributed by atoms with Crippen LogP contribution in [0, 0.1) is 6.92 Å². The average molecular weight is 326 g/mol. The van der Waals surface area contributed by atoms with Crippen molar-refractivity contribution in [2.24, 2.45) is 0 Å². The number of aryl methyl sites for hydroxylation is 1. The van der Waals surface area contributed by atoms with Gasteiger partial charge in [-0.3, -0.25) is 9.59 Å². The lowest BCUT2D eigenvalue weighted by atomic mass is 10.1. The van der Waals surface area contributed by atoms with E-state index >= 15 is 0 Å². The minimum absolute atomic E-state index is 0.00471. The van der Waals surface area contributed by atoms with E-state index in [1.165, 1.54) is 11.1 Å². The van der Waals surface area contributed by atoms with Crippen molar-refractivity contribution in [2.75, 3.05) is 6.54 Å². The maximum Gasteiger partial charge on any atom is 0.242 e. The standard InChI is InChI=1S/C19H22N2O3/c1-14-4-6-15(7-5-14)10-11-20-19(23)17-8-9-18(22)21(17)13-16-3-2-12-24-16/h2-7,12,17H,8-11,13H2,1H3,(H,20,23). The molecule has 0 aliphatic carbocycles. The third kappa shape index (κ3) is 3.85. The van der Waals surface area contributed by atoms with Gasteiger partial charge in [0.2, 0.25) is 11.8 Å². The molecular formula is C19H22N2O3. The molecule has 1 aliphatic heterocycles. The molecule has 24 heavy (non-hydrogen) atoms. The summed E-state index contributed by atoms with van der Waals surface area (Å²) in [7, 11) is 0. The van der Waals surface area contributed by atoms with E-state index in [2.05, 4.69) is 36.5 Å². The van der Waals surface area contributed by atoms with Crippen LogP contribution in [0.5, 0.6) is 0 Å². The van der Waals surface area contributed by atoms with Gasteiger partial charge < -0.3 is 14.6 Å². The molecule has 1 N–H and O–H groups in total. The Morgan fingerprint density at radius 3 is 2.79 bits per heavy atom. The molecule has 0 bridgehead atoms. The van der Waals surface area contributed by atoms with E-state index in [0.29, 0.717) is 31.7 Å². The van der Waals surface area contributed by atoms with Crippen LogP contribution in [0.2, 0.25) is 0 Å². The van der Waals surface area contributed by atoms with Gasteiger partial charge in [-0.1, -0.05) is 29.8 Å². The fourth-order valence-electron chi connectivity index (χ4n) is 2.98. The summed E-state index contributed by atoms with van der Waals surface area (Å²) in [6.45, 7) is 2.97. The highest BCUT2D eigenvalue weighted by Crippen LogP contribution is 2.21. The molecule has 1 unspecified atom stereocenters. The van der Waals surface area contributed by atoms with E-state index in [-0.39, 0.29) is 11.8 Å². The van der Waals surface area contributed by atoms with Crippen molar-refractivity contribution in [3.05, 3.63) is 59.5 Å². The lowest BCUT2D eigenvalue weighted by molar-refractivity contribution is -0.136. The van der Waals surface area contributed by atoms with Crippen LogP contribution in [0.3, 0.4) is 0 Å². The fourth-order valence-corrected chi connectivity index (χ4v) is 2.98. The number of carbonyl (C=O) groups excluding carboxylic acids is 2. The molecule has 1 aromatic heterocycles. The molecule has 126 valence electrons. The molecule has 1 fully saturated rings. The van der Waals surface area contributed by atoms with Gasteiger partial charge in [0.05, 0.1) is 12.8 Å². The van der Waals surface area contributed by atoms with Crippen LogP contribution < -0.4 is 5.32 Å². The Morgan fingerprint density at radius 2 is 2.08 bits per heavy atom. The van der Waals surface area contributed by atoms with Crippen molar-refractivity contribution in [2.45, 2.75) is 38.8 Å². The Labute approximate surface area is 141 Å². The monoisotopic (exact) mass is 326 g/mol. The van der Waals surface area contributed by atoms with Crippen LogP contribution in [0.4, 0.5) is 0 Å². The number of carbonyl (C=O) groups is 2. The van der Waals surface area contributed by atoms with E-state index in [4.69, 9.17) is 4.42 Å². The number of furan rings is 1. The topological polar surface area (TPSA) is 62.6 Å². The van der Waals surface area contributed by atoms with Gasteiger partial charge in [0, 0.05) is 13.0 Å². The zero-order valence-electron chi connectivity index (χ0n) is 13.8. The number of amides is 2. The second kappa shape index (κ2) is 7.34. The zero-order valence-corrected chi connectivity index (χ0v) is 13.8. The van der Waals surface area contributed by atoms with Crippen molar-refractivity contribution in [3.8, 4) is 0 Å². The Morgan fingerprint density at radius 1 is 1.29 bits per heavy atom. The first kappa shape index (κ1) is 16.3. The molecule has 3 rings (SSSR count). The van der Waals surface area contributed by atoms with Crippen LogP contribution in [0.15, 0.2) is 47.1 Å². The lowest BCUT2D eigenvalue weighted by Gasteiger charge is -2.23. The molecule has 1 aliphatic rings. The summed E-state index contributed by atoms with van der Waals surface area (Å²) in [5.41, 5.74) is 2.41. The molecule has 0 saturated carbocycles. The van der Waals surface area contributed by atoms with E-state index < -0.39 is 6.04 Å². The Bertz CT molecular complexity index is 692. The molecule has 5 heteroatoms. The minimum atomic E-state index is -0.402. The van der Waals surface area contributed by atoms with Gasteiger partial charge in [-0.05, 0) is 37.5 Å². The maximum atomic E-state index is 12.4. The highest BCUT2D eigenvalue weighted by molar-refractivity contribution is 5.90. The molecular weight excluding hydrogens is 304 g/mol. The van der Waals surface area contributed by atoms with Crippen molar-refractivity contribution in [1.82, 2.24) is 10.2 Å². The number of rotatable bonds is 6. The predicted octanol–water partition coefficient (Wildman–Crippen LogP) is 2.44. The van der Waals surface area contributed by atoms with Crippen molar-refractivity contribution >= 4 is 11.8 Å². The molecule has 1 atom stereocenters. The number of nitrogens with zero attached hydrogens (tertiary/aromatic N) is 1. The van der Waals surface area contributed by atoms with E-state index in [1.54, 1.807) is 17.2 Å². The van der Waals surface area contributed by atoms with Gasteiger partial charge in [-0.15, -0.1) is 0 Å². The number of likely N-dealkylation sites (tertiary alicyclic amines) is 1. The summed E-state index contributed by atoms with van der Waals surface area (Å²) in [4.78, 5) is 26.1. The molecule has 1 aromatic carbocycles. The van der Waals surface area contributed by atoms with Gasteiger partial charge in [0.1, 0.15) is 11.8 Å². The largest absolute Gasteiger partial charge is 0.467 e. The smallest absolute Gasteiger partial charge is 0.242 e. The molecule has 2 heterocycles. The maximum absolute atomic E-state index is 12.4. The van der Waals surface area contributed by atoms with E-state index in [1.807, 2.05) is 6.07 Å². The molecule has 0 radical (unpaired) electrons. The number of benzene rings is 1. The third-order valence-electron chi connectivity index (χ3n) is 4.37. The molecule has 2 amide bonds. The number of hydrogen-bond acceptors (Lipinski definition) is 3. The van der Waals surface area contributed by atoms with Crippen LogP contribution >= 0.6 is 0 Å². The van der Waals surface area contributed by atoms with E-state index in [0.717, 1.165) is 6.42 Å². The first-order valence-corrected chi connectivity index (χ1v) is 8.28. The van der Waals surface area contributed by atoms with Crippen LogP contribution in [0.25, 0.3) is 0 Å². The number of hydrogen-bond donors (Lipinski definition) is 1. The summed E-state index contributed by atoms with van der Waals surface area (Å²) in [6, 6.07) is 11.5. The summed E-state index contributed by atoms with van der Waals surface area (Å²) < 4.78 is 5.29. The van der Waals surface area contributed by atoms with Crippen LogP contribution in [-0.4, -0.2) is 29.3 Å². The van der Waals surface area contributed by atoms with E-state index in [9.17, 15) is 9.59 Å². The van der Waals surface area contributed by atoms with Crippen molar-refractivity contribution < 1.29 is 14.0 Å². The van der Waals surface area contributed by atoms with Gasteiger partial charge in [-0.2, -0.15) is 0 Å². The number of nitrogens with one attached hydrogen (secondary N) is 1. The summed E-state index contributed by atoms with van der Waals surface area (Å²) in [6.07, 6.45) is 3.34. The molecule has 2 aromatic rings. The SMILES string of the molecule is Cc1ccc(CCNC(=O)C2CCC(=O)N2Cc2ccco2)cc1. The Hall–Kier alpha value is -2.56. The van der Waals surface area contributed by atoms with Crippen molar-refractivity contribution in [3.63, 3.8) is 0 Å². The Kier molecular flexibility index (Phi) is 4.99.